The van der Waals surface area contributed by atoms with Crippen LogP contribution in [0.5, 0.6) is 0 Å². The standard InChI is InChI=1S/C18H27NO2/c1-13-12-18(2,3)11-10-15(13)19-16(17(20)21-4)14-8-6-5-7-9-14/h5-9,13,15-16,19H,10-12H2,1-4H3. The van der Waals surface area contributed by atoms with Crippen LogP contribution in [0.2, 0.25) is 0 Å². The first-order valence-electron chi connectivity index (χ1n) is 7.82. The zero-order valence-electron chi connectivity index (χ0n) is 13.6. The van der Waals surface area contributed by atoms with E-state index in [1.807, 2.05) is 30.3 Å². The van der Waals surface area contributed by atoms with Crippen molar-refractivity contribution in [2.45, 2.75) is 52.1 Å². The lowest BCUT2D eigenvalue weighted by Gasteiger charge is -2.40. The van der Waals surface area contributed by atoms with Crippen molar-refractivity contribution in [2.75, 3.05) is 7.11 Å². The molecule has 0 bridgehead atoms. The van der Waals surface area contributed by atoms with Crippen molar-refractivity contribution >= 4 is 5.97 Å². The van der Waals surface area contributed by atoms with Crippen LogP contribution in [0.1, 0.15) is 51.6 Å². The van der Waals surface area contributed by atoms with Gasteiger partial charge in [0.05, 0.1) is 7.11 Å². The highest BCUT2D eigenvalue weighted by Crippen LogP contribution is 2.39. The highest BCUT2D eigenvalue weighted by atomic mass is 16.5. The molecule has 21 heavy (non-hydrogen) atoms. The first kappa shape index (κ1) is 16.0. The SMILES string of the molecule is COC(=O)C(NC1CCC(C)(C)CC1C)c1ccccc1. The summed E-state index contributed by atoms with van der Waals surface area (Å²) in [6.45, 7) is 6.93. The minimum absolute atomic E-state index is 0.210. The van der Waals surface area contributed by atoms with Crippen molar-refractivity contribution in [2.24, 2.45) is 11.3 Å². The van der Waals surface area contributed by atoms with E-state index >= 15 is 0 Å². The Morgan fingerprint density at radius 3 is 2.57 bits per heavy atom. The van der Waals surface area contributed by atoms with Crippen LogP contribution in [0.25, 0.3) is 0 Å². The molecule has 3 heteroatoms. The molecule has 3 atom stereocenters. The number of benzene rings is 1. The number of hydrogen-bond donors (Lipinski definition) is 1. The molecule has 1 fully saturated rings. The molecule has 116 valence electrons. The number of methoxy groups -OCH3 is 1. The highest BCUT2D eigenvalue weighted by molar-refractivity contribution is 5.77. The molecular formula is C18H27NO2. The summed E-state index contributed by atoms with van der Waals surface area (Å²) in [6, 6.07) is 9.83. The number of ether oxygens (including phenoxy) is 1. The van der Waals surface area contributed by atoms with Gasteiger partial charge in [-0.25, -0.2) is 4.79 Å². The van der Waals surface area contributed by atoms with Crippen LogP contribution in [0.4, 0.5) is 0 Å². The molecule has 3 nitrogen and oxygen atoms in total. The predicted molar refractivity (Wildman–Crippen MR) is 84.9 cm³/mol. The van der Waals surface area contributed by atoms with Crippen LogP contribution in [-0.4, -0.2) is 19.1 Å². The smallest absolute Gasteiger partial charge is 0.327 e. The number of rotatable bonds is 4. The summed E-state index contributed by atoms with van der Waals surface area (Å²) < 4.78 is 4.98. The lowest BCUT2D eigenvalue weighted by Crippen LogP contribution is -2.45. The van der Waals surface area contributed by atoms with Crippen LogP contribution in [0, 0.1) is 11.3 Å². The zero-order valence-corrected chi connectivity index (χ0v) is 13.6. The third kappa shape index (κ3) is 4.07. The summed E-state index contributed by atoms with van der Waals surface area (Å²) in [5, 5.41) is 3.54. The average Bonchev–Trinajstić information content (AvgIpc) is 2.46. The minimum Gasteiger partial charge on any atom is -0.468 e. The van der Waals surface area contributed by atoms with Gasteiger partial charge in [0.15, 0.2) is 0 Å². The molecule has 1 aliphatic rings. The lowest BCUT2D eigenvalue weighted by molar-refractivity contribution is -0.143. The molecule has 1 saturated carbocycles. The Morgan fingerprint density at radius 1 is 1.33 bits per heavy atom. The Kier molecular flexibility index (Phi) is 5.04. The maximum absolute atomic E-state index is 12.1. The third-order valence-electron chi connectivity index (χ3n) is 4.64. The maximum atomic E-state index is 12.1. The fraction of sp³-hybridized carbons (Fsp3) is 0.611. The Bertz CT molecular complexity index is 469. The van der Waals surface area contributed by atoms with Crippen LogP contribution in [0.3, 0.4) is 0 Å². The zero-order chi connectivity index (χ0) is 15.5. The van der Waals surface area contributed by atoms with Crippen molar-refractivity contribution in [1.82, 2.24) is 5.32 Å². The average molecular weight is 289 g/mol. The summed E-state index contributed by atoms with van der Waals surface area (Å²) >= 11 is 0. The van der Waals surface area contributed by atoms with Crippen molar-refractivity contribution in [1.29, 1.82) is 0 Å². The summed E-state index contributed by atoms with van der Waals surface area (Å²) in [6.07, 6.45) is 3.49. The first-order valence-corrected chi connectivity index (χ1v) is 7.82. The minimum atomic E-state index is -0.370. The molecule has 0 heterocycles. The van der Waals surface area contributed by atoms with Gasteiger partial charge in [-0.15, -0.1) is 0 Å². The largest absolute Gasteiger partial charge is 0.468 e. The van der Waals surface area contributed by atoms with Crippen molar-refractivity contribution in [3.8, 4) is 0 Å². The Balaban J connectivity index is 2.11. The second kappa shape index (κ2) is 6.61. The molecular weight excluding hydrogens is 262 g/mol. The van der Waals surface area contributed by atoms with Gasteiger partial charge < -0.3 is 4.74 Å². The monoisotopic (exact) mass is 289 g/mol. The molecule has 2 rings (SSSR count). The van der Waals surface area contributed by atoms with Crippen LogP contribution in [-0.2, 0) is 9.53 Å². The molecule has 0 amide bonds. The van der Waals surface area contributed by atoms with Gasteiger partial charge in [-0.05, 0) is 36.2 Å². The molecule has 0 saturated heterocycles. The molecule has 0 radical (unpaired) electrons. The lowest BCUT2D eigenvalue weighted by atomic mass is 9.70. The van der Waals surface area contributed by atoms with E-state index in [-0.39, 0.29) is 12.0 Å². The number of esters is 1. The Hall–Kier alpha value is -1.35. The molecule has 0 aromatic heterocycles. The molecule has 1 aromatic rings. The molecule has 0 spiro atoms. The Morgan fingerprint density at radius 2 is 2.00 bits per heavy atom. The van der Waals surface area contributed by atoms with Gasteiger partial charge in [-0.2, -0.15) is 0 Å². The van der Waals surface area contributed by atoms with E-state index < -0.39 is 0 Å². The van der Waals surface area contributed by atoms with Crippen LogP contribution < -0.4 is 5.32 Å². The summed E-state index contributed by atoms with van der Waals surface area (Å²) in [5.41, 5.74) is 1.38. The molecule has 1 aliphatic carbocycles. The summed E-state index contributed by atoms with van der Waals surface area (Å²) in [5.74, 6) is 0.350. The number of hydrogen-bond acceptors (Lipinski definition) is 3. The Labute approximate surface area is 128 Å². The van der Waals surface area contributed by atoms with Gasteiger partial charge in [0, 0.05) is 6.04 Å². The second-order valence-corrected chi connectivity index (χ2v) is 7.02. The normalized spacial score (nSPS) is 26.1. The van der Waals surface area contributed by atoms with Gasteiger partial charge in [0.2, 0.25) is 0 Å². The van der Waals surface area contributed by atoms with Crippen molar-refractivity contribution in [3.05, 3.63) is 35.9 Å². The number of carbonyl (C=O) groups is 1. The highest BCUT2D eigenvalue weighted by Gasteiger charge is 2.35. The fourth-order valence-corrected chi connectivity index (χ4v) is 3.47. The number of carbonyl (C=O) groups excluding carboxylic acids is 1. The molecule has 1 aromatic carbocycles. The van der Waals surface area contributed by atoms with E-state index in [1.165, 1.54) is 20.0 Å². The molecule has 0 aliphatic heterocycles. The first-order chi connectivity index (χ1) is 9.93. The van der Waals surface area contributed by atoms with Gasteiger partial charge in [-0.3, -0.25) is 5.32 Å². The second-order valence-electron chi connectivity index (χ2n) is 7.02. The molecule has 1 N–H and O–H groups in total. The van der Waals surface area contributed by atoms with Gasteiger partial charge in [-0.1, -0.05) is 51.1 Å². The van der Waals surface area contributed by atoms with Gasteiger partial charge in [0.25, 0.3) is 0 Å². The van der Waals surface area contributed by atoms with Crippen LogP contribution >= 0.6 is 0 Å². The summed E-state index contributed by atoms with van der Waals surface area (Å²) in [7, 11) is 1.45. The van der Waals surface area contributed by atoms with Crippen molar-refractivity contribution in [3.63, 3.8) is 0 Å². The maximum Gasteiger partial charge on any atom is 0.327 e. The van der Waals surface area contributed by atoms with E-state index in [1.54, 1.807) is 0 Å². The third-order valence-corrected chi connectivity index (χ3v) is 4.64. The van der Waals surface area contributed by atoms with E-state index in [0.29, 0.717) is 17.4 Å². The van der Waals surface area contributed by atoms with Gasteiger partial charge >= 0.3 is 5.97 Å². The van der Waals surface area contributed by atoms with E-state index in [2.05, 4.69) is 26.1 Å². The number of nitrogens with one attached hydrogen (secondary N) is 1. The quantitative estimate of drug-likeness (QED) is 0.859. The predicted octanol–water partition coefficient (Wildman–Crippen LogP) is 3.71. The summed E-state index contributed by atoms with van der Waals surface area (Å²) in [4.78, 5) is 12.1. The van der Waals surface area contributed by atoms with Crippen molar-refractivity contribution < 1.29 is 9.53 Å². The van der Waals surface area contributed by atoms with Gasteiger partial charge in [0.1, 0.15) is 6.04 Å². The van der Waals surface area contributed by atoms with E-state index in [9.17, 15) is 4.79 Å². The molecule has 3 unspecified atom stereocenters. The van der Waals surface area contributed by atoms with E-state index in [4.69, 9.17) is 4.74 Å². The fourth-order valence-electron chi connectivity index (χ4n) is 3.47. The van der Waals surface area contributed by atoms with E-state index in [0.717, 1.165) is 12.0 Å². The topological polar surface area (TPSA) is 38.3 Å². The van der Waals surface area contributed by atoms with Crippen LogP contribution in [0.15, 0.2) is 30.3 Å².